The van der Waals surface area contributed by atoms with Gasteiger partial charge in [0, 0.05) is 14.6 Å². The molecule has 4 saturated carbocycles. The first-order valence-corrected chi connectivity index (χ1v) is 4.62. The summed E-state index contributed by atoms with van der Waals surface area (Å²) in [6.07, 6.45) is 2.36. The van der Waals surface area contributed by atoms with E-state index in [-0.39, 0.29) is 23.7 Å². The number of Topliss-reactive ketones (excluding diaryl/α,β-unsaturated/α-hetero) is 1. The minimum absolute atomic E-state index is 0.188. The molecule has 1 nitrogen and oxygen atoms in total. The molecule has 4 rings (SSSR count). The van der Waals surface area contributed by atoms with Crippen LogP contribution in [-0.2, 0) is 4.79 Å². The lowest BCUT2D eigenvalue weighted by Crippen LogP contribution is -2.45. The molecular formula is C10H14O. The van der Waals surface area contributed by atoms with Crippen molar-refractivity contribution < 1.29 is 7.54 Å². The number of ketones is 1. The Balaban J connectivity index is 1.99. The highest BCUT2D eigenvalue weighted by molar-refractivity contribution is 5.85. The fourth-order valence-electron chi connectivity index (χ4n) is 3.16. The maximum absolute atomic E-state index is 11.7. The molecule has 0 aromatic carbocycles. The van der Waals surface area contributed by atoms with E-state index in [0.29, 0.717) is 5.78 Å². The minimum Gasteiger partial charge on any atom is -0.299 e. The number of carbonyl (C=O) groups is 1. The van der Waals surface area contributed by atoms with Crippen LogP contribution >= 0.6 is 0 Å². The number of carbonyl (C=O) groups excluding carboxylic acids is 1. The first-order valence-electron chi connectivity index (χ1n) is 5.62. The molecule has 4 bridgehead atoms. The lowest BCUT2D eigenvalue weighted by molar-refractivity contribution is -0.139. The summed E-state index contributed by atoms with van der Waals surface area (Å²) in [6.45, 7) is 0. The zero-order chi connectivity index (χ0) is 9.22. The van der Waals surface area contributed by atoms with Gasteiger partial charge < -0.3 is 0 Å². The van der Waals surface area contributed by atoms with E-state index in [1.807, 2.05) is 0 Å². The van der Waals surface area contributed by atoms with Crippen LogP contribution in [0.5, 0.6) is 0 Å². The van der Waals surface area contributed by atoms with Gasteiger partial charge in [0.05, 0.1) is 0 Å². The molecule has 0 heterocycles. The molecule has 1 heteroatoms. The van der Waals surface area contributed by atoms with E-state index >= 15 is 0 Å². The van der Waals surface area contributed by atoms with Crippen LogP contribution in [0.25, 0.3) is 0 Å². The van der Waals surface area contributed by atoms with Crippen molar-refractivity contribution in [3.8, 4) is 0 Å². The molecule has 0 atom stereocenters. The van der Waals surface area contributed by atoms with Crippen molar-refractivity contribution in [2.24, 2.45) is 23.7 Å². The molecule has 4 fully saturated rings. The third-order valence-electron chi connectivity index (χ3n) is 3.55. The highest BCUT2D eigenvalue weighted by Crippen LogP contribution is 2.51. The zero-order valence-electron chi connectivity index (χ0n) is 8.55. The molecular weight excluding hydrogens is 136 g/mol. The molecule has 0 amide bonds. The molecule has 0 N–H and O–H groups in total. The van der Waals surface area contributed by atoms with Gasteiger partial charge in [0.25, 0.3) is 0 Å². The van der Waals surface area contributed by atoms with Gasteiger partial charge in [-0.05, 0) is 43.9 Å². The summed E-state index contributed by atoms with van der Waals surface area (Å²) in [5.74, 6) is 1.28. The number of rotatable bonds is 0. The van der Waals surface area contributed by atoms with E-state index in [4.69, 9.17) is 2.74 Å². The fourth-order valence-corrected chi connectivity index (χ4v) is 3.16. The second kappa shape index (κ2) is 1.88. The van der Waals surface area contributed by atoms with Gasteiger partial charge in [-0.25, -0.2) is 0 Å². The van der Waals surface area contributed by atoms with Crippen molar-refractivity contribution in [1.82, 2.24) is 0 Å². The van der Waals surface area contributed by atoms with Crippen LogP contribution in [0.4, 0.5) is 0 Å². The maximum Gasteiger partial charge on any atom is 0.139 e. The maximum atomic E-state index is 11.7. The topological polar surface area (TPSA) is 17.1 Å². The van der Waals surface area contributed by atoms with Crippen molar-refractivity contribution in [3.05, 3.63) is 0 Å². The normalized spacial score (nSPS) is 60.9. The van der Waals surface area contributed by atoms with Crippen LogP contribution in [0.1, 0.15) is 34.8 Å². The summed E-state index contributed by atoms with van der Waals surface area (Å²) in [4.78, 5) is 11.7. The molecule has 0 saturated heterocycles. The lowest BCUT2D eigenvalue weighted by atomic mass is 9.56. The van der Waals surface area contributed by atoms with Gasteiger partial charge in [-0.1, -0.05) is 0 Å². The van der Waals surface area contributed by atoms with E-state index in [9.17, 15) is 4.79 Å². The van der Waals surface area contributed by atoms with E-state index in [0.717, 1.165) is 25.7 Å². The Kier molecular flexibility index (Phi) is 0.792. The van der Waals surface area contributed by atoms with Crippen LogP contribution in [0.15, 0.2) is 0 Å². The van der Waals surface area contributed by atoms with Crippen molar-refractivity contribution in [2.75, 3.05) is 0 Å². The van der Waals surface area contributed by atoms with Gasteiger partial charge in [-0.15, -0.1) is 0 Å². The van der Waals surface area contributed by atoms with Crippen molar-refractivity contribution in [1.29, 1.82) is 0 Å². The fraction of sp³-hybridized carbons (Fsp3) is 0.900. The Bertz CT molecular complexity index is 238. The van der Waals surface area contributed by atoms with Gasteiger partial charge in [0.1, 0.15) is 5.78 Å². The van der Waals surface area contributed by atoms with Crippen LogP contribution in [-0.4, -0.2) is 5.78 Å². The average molecular weight is 152 g/mol. The highest BCUT2D eigenvalue weighted by atomic mass is 16.1. The molecule has 0 radical (unpaired) electrons. The predicted molar refractivity (Wildman–Crippen MR) is 42.1 cm³/mol. The first kappa shape index (κ1) is 4.64. The summed E-state index contributed by atoms with van der Waals surface area (Å²) in [5, 5.41) is 0. The quantitative estimate of drug-likeness (QED) is 0.519. The molecule has 4 aliphatic rings. The minimum atomic E-state index is -0.965. The van der Waals surface area contributed by atoms with Crippen molar-refractivity contribution >= 4 is 5.78 Å². The Labute approximate surface area is 70.0 Å². The molecule has 0 aromatic rings. The summed E-state index contributed by atoms with van der Waals surface area (Å²) in [6, 6.07) is 0. The molecule has 0 spiro atoms. The second-order valence-corrected chi connectivity index (χ2v) is 4.30. The zero-order valence-corrected chi connectivity index (χ0v) is 6.55. The van der Waals surface area contributed by atoms with Crippen LogP contribution in [0, 0.1) is 23.7 Å². The predicted octanol–water partition coefficient (Wildman–Crippen LogP) is 2.01. The van der Waals surface area contributed by atoms with Gasteiger partial charge in [0.15, 0.2) is 0 Å². The Morgan fingerprint density at radius 1 is 1.09 bits per heavy atom. The van der Waals surface area contributed by atoms with Crippen LogP contribution in [0.2, 0.25) is 0 Å². The molecule has 0 aliphatic heterocycles. The largest absolute Gasteiger partial charge is 0.299 e. The van der Waals surface area contributed by atoms with Crippen molar-refractivity contribution in [2.45, 2.75) is 32.1 Å². The van der Waals surface area contributed by atoms with Gasteiger partial charge in [0.2, 0.25) is 0 Å². The molecule has 60 valence electrons. The summed E-state index contributed by atoms with van der Waals surface area (Å²) in [5.41, 5.74) is 0. The smallest absolute Gasteiger partial charge is 0.139 e. The van der Waals surface area contributed by atoms with Gasteiger partial charge in [-0.2, -0.15) is 0 Å². The van der Waals surface area contributed by atoms with Crippen LogP contribution < -0.4 is 0 Å². The van der Waals surface area contributed by atoms with Crippen LogP contribution in [0.3, 0.4) is 0 Å². The first-order chi connectivity index (χ1) is 6.09. The third kappa shape index (κ3) is 0.743. The number of hydrogen-bond donors (Lipinski definition) is 0. The van der Waals surface area contributed by atoms with E-state index < -0.39 is 6.37 Å². The molecule has 0 aromatic heterocycles. The summed E-state index contributed by atoms with van der Waals surface area (Å²) in [7, 11) is 0. The Morgan fingerprint density at radius 3 is 2.00 bits per heavy atom. The molecule has 0 unspecified atom stereocenters. The second-order valence-electron chi connectivity index (χ2n) is 4.30. The van der Waals surface area contributed by atoms with Gasteiger partial charge >= 0.3 is 0 Å². The van der Waals surface area contributed by atoms with Crippen molar-refractivity contribution in [3.63, 3.8) is 0 Å². The number of hydrogen-bond acceptors (Lipinski definition) is 1. The lowest BCUT2D eigenvalue weighted by Gasteiger charge is -2.48. The third-order valence-corrected chi connectivity index (χ3v) is 3.55. The van der Waals surface area contributed by atoms with E-state index in [1.165, 1.54) is 0 Å². The highest BCUT2D eigenvalue weighted by Gasteiger charge is 2.47. The summed E-state index contributed by atoms with van der Waals surface area (Å²) < 4.78 is 15.9. The monoisotopic (exact) mass is 152 g/mol. The Morgan fingerprint density at radius 2 is 1.55 bits per heavy atom. The Hall–Kier alpha value is -0.330. The van der Waals surface area contributed by atoms with E-state index in [2.05, 4.69) is 0 Å². The molecule has 4 aliphatic carbocycles. The SMILES string of the molecule is [2H]C1([2H])C2CC3CC1CC(C2)C3=O. The standard InChI is InChI=1S/C10H14O/c11-10-8-2-6-1-7(4-8)5-9(10)3-6/h6-9H,1-5H2/i1D2. The van der Waals surface area contributed by atoms with E-state index in [1.54, 1.807) is 0 Å². The van der Waals surface area contributed by atoms with Gasteiger partial charge in [-0.3, -0.25) is 4.79 Å². The average Bonchev–Trinajstić information content (AvgIpc) is 2.00. The summed E-state index contributed by atoms with van der Waals surface area (Å²) >= 11 is 0. The molecule has 11 heavy (non-hydrogen) atoms.